The number of allylic oxidation sites excluding steroid dienone is 1. The van der Waals surface area contributed by atoms with E-state index in [0.29, 0.717) is 13.2 Å². The van der Waals surface area contributed by atoms with Crippen LogP contribution in [0.5, 0.6) is 11.5 Å². The Morgan fingerprint density at radius 3 is 2.44 bits per heavy atom. The van der Waals surface area contributed by atoms with Gasteiger partial charge >= 0.3 is 0 Å². The molecule has 1 aliphatic rings. The highest BCUT2D eigenvalue weighted by atomic mass is 16.6. The largest absolute Gasteiger partial charge is 0.490 e. The van der Waals surface area contributed by atoms with Crippen LogP contribution >= 0.6 is 0 Å². The van der Waals surface area contributed by atoms with E-state index in [9.17, 15) is 0 Å². The van der Waals surface area contributed by atoms with Crippen molar-refractivity contribution in [1.82, 2.24) is 0 Å². The molecule has 1 aliphatic carbocycles. The Morgan fingerprint density at radius 1 is 1.15 bits per heavy atom. The maximum Gasteiger partial charge on any atom is 0.125 e. The Bertz CT molecular complexity index is 631. The maximum atomic E-state index is 6.44. The smallest absolute Gasteiger partial charge is 0.125 e. The van der Waals surface area contributed by atoms with Crippen molar-refractivity contribution in [3.8, 4) is 11.5 Å². The second-order valence-corrected chi connectivity index (χ2v) is 7.07. The van der Waals surface area contributed by atoms with Crippen molar-refractivity contribution in [2.24, 2.45) is 5.16 Å². The molecule has 0 radical (unpaired) electrons. The Morgan fingerprint density at radius 2 is 1.81 bits per heavy atom. The first-order valence-corrected chi connectivity index (χ1v) is 9.75. The van der Waals surface area contributed by atoms with Crippen molar-refractivity contribution in [3.63, 3.8) is 0 Å². The summed E-state index contributed by atoms with van der Waals surface area (Å²) in [5.74, 6) is 1.81. The number of aryl methyl sites for hydroxylation is 2. The van der Waals surface area contributed by atoms with E-state index in [4.69, 9.17) is 19.0 Å². The molecule has 2 rings (SSSR count). The molecule has 0 saturated heterocycles. The quantitative estimate of drug-likeness (QED) is 0.347. The molecular weight excluding hydrogens is 342 g/mol. The van der Waals surface area contributed by atoms with Gasteiger partial charge in [0.2, 0.25) is 0 Å². The van der Waals surface area contributed by atoms with Crippen molar-refractivity contribution in [2.75, 3.05) is 20.3 Å². The fourth-order valence-corrected chi connectivity index (χ4v) is 3.37. The summed E-state index contributed by atoms with van der Waals surface area (Å²) in [7, 11) is 1.55. The number of benzene rings is 1. The first-order valence-electron chi connectivity index (χ1n) is 9.75. The van der Waals surface area contributed by atoms with E-state index in [1.165, 1.54) is 6.42 Å². The van der Waals surface area contributed by atoms with Crippen molar-refractivity contribution in [2.45, 2.75) is 65.6 Å². The molecule has 0 bridgehead atoms. The number of hydrogen-bond donors (Lipinski definition) is 0. The van der Waals surface area contributed by atoms with Gasteiger partial charge in [0.25, 0.3) is 0 Å². The van der Waals surface area contributed by atoms with Gasteiger partial charge in [-0.1, -0.05) is 23.7 Å². The Hall–Kier alpha value is -2.01. The van der Waals surface area contributed by atoms with Gasteiger partial charge in [-0.2, -0.15) is 0 Å². The van der Waals surface area contributed by atoms with Crippen LogP contribution in [0, 0.1) is 13.8 Å². The molecule has 0 N–H and O–H groups in total. The molecule has 2 unspecified atom stereocenters. The molecule has 0 heterocycles. The van der Waals surface area contributed by atoms with E-state index in [-0.39, 0.29) is 12.2 Å². The van der Waals surface area contributed by atoms with Crippen LogP contribution in [-0.2, 0) is 9.57 Å². The Labute approximate surface area is 163 Å². The van der Waals surface area contributed by atoms with E-state index in [0.717, 1.165) is 47.6 Å². The number of hydrogen-bond acceptors (Lipinski definition) is 5. The van der Waals surface area contributed by atoms with Gasteiger partial charge in [-0.3, -0.25) is 0 Å². The lowest BCUT2D eigenvalue weighted by atomic mass is 9.94. The van der Waals surface area contributed by atoms with Crippen LogP contribution in [0.25, 0.3) is 0 Å². The number of nitrogens with zero attached hydrogens (tertiary/aromatic N) is 1. The minimum Gasteiger partial charge on any atom is -0.490 e. The van der Waals surface area contributed by atoms with E-state index in [1.54, 1.807) is 7.11 Å². The highest BCUT2D eigenvalue weighted by Gasteiger charge is 2.28. The molecule has 5 nitrogen and oxygen atoms in total. The number of rotatable bonds is 9. The predicted octanol–water partition coefficient (Wildman–Crippen LogP) is 4.99. The molecule has 0 spiro atoms. The van der Waals surface area contributed by atoms with E-state index < -0.39 is 0 Å². The van der Waals surface area contributed by atoms with Crippen LogP contribution in [0.1, 0.15) is 50.7 Å². The molecule has 1 saturated carbocycles. The summed E-state index contributed by atoms with van der Waals surface area (Å²) in [5.41, 5.74) is 3.01. The summed E-state index contributed by atoms with van der Waals surface area (Å²) in [4.78, 5) is 4.80. The van der Waals surface area contributed by atoms with Gasteiger partial charge in [0.1, 0.15) is 31.3 Å². The number of ether oxygens (including phenoxy) is 3. The van der Waals surface area contributed by atoms with E-state index >= 15 is 0 Å². The fourth-order valence-electron chi connectivity index (χ4n) is 3.37. The van der Waals surface area contributed by atoms with Gasteiger partial charge in [0.15, 0.2) is 0 Å². The Kier molecular flexibility index (Phi) is 8.65. The van der Waals surface area contributed by atoms with Gasteiger partial charge in [-0.15, -0.1) is 0 Å². The Balaban J connectivity index is 2.05. The third kappa shape index (κ3) is 6.58. The van der Waals surface area contributed by atoms with Crippen LogP contribution in [-0.4, -0.2) is 38.2 Å². The normalized spacial score (nSPS) is 20.7. The molecule has 1 aromatic rings. The zero-order valence-electron chi connectivity index (χ0n) is 17.3. The average molecular weight is 376 g/mol. The third-order valence-corrected chi connectivity index (χ3v) is 4.68. The predicted molar refractivity (Wildman–Crippen MR) is 109 cm³/mol. The molecule has 2 atom stereocenters. The van der Waals surface area contributed by atoms with E-state index in [2.05, 4.69) is 19.0 Å². The topological polar surface area (TPSA) is 49.3 Å². The lowest BCUT2D eigenvalue weighted by Crippen LogP contribution is -2.38. The lowest BCUT2D eigenvalue weighted by Gasteiger charge is -2.32. The fraction of sp³-hybridized carbons (Fsp3) is 0.591. The molecule has 150 valence electrons. The lowest BCUT2D eigenvalue weighted by molar-refractivity contribution is -0.0344. The second kappa shape index (κ2) is 11.0. The first-order chi connectivity index (χ1) is 13.0. The molecule has 5 heteroatoms. The van der Waals surface area contributed by atoms with Crippen LogP contribution in [0.3, 0.4) is 0 Å². The SMILES string of the molecule is C/C=C/COc1cc(C)c(OC2CCCCC2OC/C(C)=N/OC)c(C)c1. The van der Waals surface area contributed by atoms with Gasteiger partial charge in [0, 0.05) is 0 Å². The summed E-state index contributed by atoms with van der Waals surface area (Å²) in [6.45, 7) is 9.08. The molecule has 0 aliphatic heterocycles. The van der Waals surface area contributed by atoms with Crippen LogP contribution in [0.2, 0.25) is 0 Å². The van der Waals surface area contributed by atoms with Crippen molar-refractivity contribution < 1.29 is 19.0 Å². The zero-order chi connectivity index (χ0) is 19.6. The maximum absolute atomic E-state index is 6.44. The van der Waals surface area contributed by atoms with Gasteiger partial charge < -0.3 is 19.0 Å². The molecule has 1 fully saturated rings. The second-order valence-electron chi connectivity index (χ2n) is 7.07. The van der Waals surface area contributed by atoms with Crippen LogP contribution < -0.4 is 9.47 Å². The van der Waals surface area contributed by atoms with Gasteiger partial charge in [0.05, 0.1) is 18.4 Å². The first kappa shape index (κ1) is 21.3. The molecule has 1 aromatic carbocycles. The van der Waals surface area contributed by atoms with Gasteiger partial charge in [-0.05, 0) is 70.2 Å². The number of oxime groups is 1. The minimum atomic E-state index is 0.0567. The molecular formula is C22H33NO4. The highest BCUT2D eigenvalue weighted by Crippen LogP contribution is 2.33. The van der Waals surface area contributed by atoms with Crippen molar-refractivity contribution in [3.05, 3.63) is 35.4 Å². The summed E-state index contributed by atoms with van der Waals surface area (Å²) in [6.07, 6.45) is 8.45. The molecule has 27 heavy (non-hydrogen) atoms. The van der Waals surface area contributed by atoms with Crippen LogP contribution in [0.15, 0.2) is 29.4 Å². The van der Waals surface area contributed by atoms with Gasteiger partial charge in [-0.25, -0.2) is 0 Å². The molecule has 0 amide bonds. The standard InChI is InChI=1S/C22H33NO4/c1-6-7-12-25-19-13-16(2)22(17(3)14-19)27-21-11-9-8-10-20(21)26-15-18(4)23-24-5/h6-7,13-14,20-21H,8-12,15H2,1-5H3/b7-6+,23-18+. The summed E-state index contributed by atoms with van der Waals surface area (Å²) < 4.78 is 18.3. The van der Waals surface area contributed by atoms with Crippen molar-refractivity contribution >= 4 is 5.71 Å². The third-order valence-electron chi connectivity index (χ3n) is 4.68. The summed E-state index contributed by atoms with van der Waals surface area (Å²) in [5, 5.41) is 3.92. The highest BCUT2D eigenvalue weighted by molar-refractivity contribution is 5.82. The monoisotopic (exact) mass is 375 g/mol. The average Bonchev–Trinajstić information content (AvgIpc) is 2.64. The summed E-state index contributed by atoms with van der Waals surface area (Å²) >= 11 is 0. The van der Waals surface area contributed by atoms with E-state index in [1.807, 2.05) is 38.1 Å². The van der Waals surface area contributed by atoms with Crippen molar-refractivity contribution in [1.29, 1.82) is 0 Å². The minimum absolute atomic E-state index is 0.0567. The molecule has 0 aromatic heterocycles. The van der Waals surface area contributed by atoms with Crippen LogP contribution in [0.4, 0.5) is 0 Å². The zero-order valence-corrected chi connectivity index (χ0v) is 17.3. The summed E-state index contributed by atoms with van der Waals surface area (Å²) in [6, 6.07) is 4.08.